The number of amidine groups is 1. The number of carbonyl (C=O) groups is 1. The lowest BCUT2D eigenvalue weighted by Gasteiger charge is -2.05. The minimum Gasteiger partial charge on any atom is -0.304 e. The van der Waals surface area contributed by atoms with Crippen LogP contribution < -0.4 is 5.32 Å². The number of halogens is 1. The molecule has 1 aromatic carbocycles. The summed E-state index contributed by atoms with van der Waals surface area (Å²) in [6.07, 6.45) is 4.13. The fraction of sp³-hybridized carbons (Fsp3) is 0.235. The lowest BCUT2D eigenvalue weighted by molar-refractivity contribution is -0.118. The molecular weight excluding hydrogens is 313 g/mol. The molecule has 0 bridgehead atoms. The molecule has 1 saturated heterocycles. The van der Waals surface area contributed by atoms with Crippen molar-refractivity contribution in [2.45, 2.75) is 24.5 Å². The highest BCUT2D eigenvalue weighted by atomic mass is 32.2. The Morgan fingerprint density at radius 3 is 2.78 bits per heavy atom. The van der Waals surface area contributed by atoms with Gasteiger partial charge in [0.25, 0.3) is 0 Å². The summed E-state index contributed by atoms with van der Waals surface area (Å²) in [5, 5.41) is 3.26. The van der Waals surface area contributed by atoms with Crippen molar-refractivity contribution >= 4 is 28.7 Å². The first-order valence-electron chi connectivity index (χ1n) is 7.42. The first-order chi connectivity index (χ1) is 11.2. The Hall–Kier alpha value is -2.21. The largest absolute Gasteiger partial charge is 0.304 e. The summed E-state index contributed by atoms with van der Waals surface area (Å²) in [4.78, 5) is 20.4. The van der Waals surface area contributed by atoms with Crippen LogP contribution in [0.3, 0.4) is 0 Å². The van der Waals surface area contributed by atoms with Gasteiger partial charge in [-0.3, -0.25) is 4.79 Å². The number of pyridine rings is 1. The molecule has 1 unspecified atom stereocenters. The van der Waals surface area contributed by atoms with Crippen LogP contribution in [0.25, 0.3) is 0 Å². The third-order valence-electron chi connectivity index (χ3n) is 3.49. The molecular formula is C17H16FN3OS. The average Bonchev–Trinajstić information content (AvgIpc) is 2.90. The average molecular weight is 329 g/mol. The number of nitrogens with zero attached hydrogens (tertiary/aromatic N) is 2. The predicted molar refractivity (Wildman–Crippen MR) is 90.2 cm³/mol. The summed E-state index contributed by atoms with van der Waals surface area (Å²) in [6.45, 7) is 0. The maximum Gasteiger partial charge on any atom is 0.239 e. The van der Waals surface area contributed by atoms with Crippen LogP contribution >= 0.6 is 11.8 Å². The smallest absolute Gasteiger partial charge is 0.239 e. The van der Waals surface area contributed by atoms with Crippen molar-refractivity contribution < 1.29 is 9.18 Å². The lowest BCUT2D eigenvalue weighted by Crippen LogP contribution is -2.24. The molecule has 2 heterocycles. The number of aliphatic imine (C=N–C) groups is 1. The van der Waals surface area contributed by atoms with Gasteiger partial charge in [0.1, 0.15) is 5.82 Å². The Bertz CT molecular complexity index is 704. The van der Waals surface area contributed by atoms with E-state index >= 15 is 0 Å². The number of benzene rings is 1. The molecule has 0 radical (unpaired) electrons. The Kier molecular flexibility index (Phi) is 5.02. The van der Waals surface area contributed by atoms with Crippen LogP contribution in [-0.2, 0) is 11.2 Å². The highest BCUT2D eigenvalue weighted by Gasteiger charge is 2.29. The second kappa shape index (κ2) is 7.37. The highest BCUT2D eigenvalue weighted by Crippen LogP contribution is 2.26. The molecule has 1 aromatic heterocycles. The monoisotopic (exact) mass is 329 g/mol. The van der Waals surface area contributed by atoms with E-state index < -0.39 is 0 Å². The maximum absolute atomic E-state index is 12.9. The van der Waals surface area contributed by atoms with Gasteiger partial charge in [0.15, 0.2) is 11.0 Å². The number of aromatic nitrogens is 1. The first-order valence-corrected chi connectivity index (χ1v) is 8.30. The minimum absolute atomic E-state index is 0.0104. The Balaban J connectivity index is 1.52. The van der Waals surface area contributed by atoms with Gasteiger partial charge >= 0.3 is 0 Å². The van der Waals surface area contributed by atoms with Crippen molar-refractivity contribution in [3.8, 4) is 0 Å². The number of hydrogen-bond acceptors (Lipinski definition) is 4. The number of amides is 1. The fourth-order valence-corrected chi connectivity index (χ4v) is 3.34. The molecule has 1 fully saturated rings. The van der Waals surface area contributed by atoms with E-state index in [0.29, 0.717) is 11.0 Å². The number of thioether (sulfide) groups is 1. The van der Waals surface area contributed by atoms with Crippen molar-refractivity contribution in [1.82, 2.24) is 10.3 Å². The molecule has 0 aliphatic carbocycles. The third-order valence-corrected chi connectivity index (χ3v) is 4.64. The first kappa shape index (κ1) is 15.7. The molecule has 1 aliphatic heterocycles. The molecule has 2 aromatic rings. The van der Waals surface area contributed by atoms with Gasteiger partial charge in [-0.05, 0) is 49.1 Å². The van der Waals surface area contributed by atoms with Gasteiger partial charge < -0.3 is 5.32 Å². The number of aryl methyl sites for hydroxylation is 1. The van der Waals surface area contributed by atoms with E-state index in [-0.39, 0.29) is 17.0 Å². The van der Waals surface area contributed by atoms with Crippen LogP contribution in [0.5, 0.6) is 0 Å². The zero-order valence-electron chi connectivity index (χ0n) is 12.4. The van der Waals surface area contributed by atoms with Crippen molar-refractivity contribution in [3.05, 3.63) is 60.0 Å². The summed E-state index contributed by atoms with van der Waals surface area (Å²) in [6, 6.07) is 12.0. The molecule has 1 aliphatic rings. The van der Waals surface area contributed by atoms with Gasteiger partial charge in [-0.25, -0.2) is 14.4 Å². The molecule has 3 rings (SSSR count). The standard InChI is InChI=1S/C17H16FN3OS/c18-13-9-7-12(8-10-13)4-3-5-14-16(22)21-17(23-14)20-15-6-1-2-11-19-15/h1-2,6-11,14H,3-5H2,(H,19,20,21,22). The van der Waals surface area contributed by atoms with E-state index in [0.717, 1.165) is 24.8 Å². The van der Waals surface area contributed by atoms with E-state index in [1.165, 1.54) is 23.9 Å². The zero-order valence-corrected chi connectivity index (χ0v) is 13.2. The summed E-state index contributed by atoms with van der Waals surface area (Å²) in [5.74, 6) is 0.348. The van der Waals surface area contributed by atoms with Gasteiger partial charge in [0.05, 0.1) is 5.25 Å². The summed E-state index contributed by atoms with van der Waals surface area (Å²) in [7, 11) is 0. The summed E-state index contributed by atoms with van der Waals surface area (Å²) in [5.41, 5.74) is 1.08. The topological polar surface area (TPSA) is 54.4 Å². The van der Waals surface area contributed by atoms with Gasteiger partial charge in [0, 0.05) is 6.20 Å². The molecule has 4 nitrogen and oxygen atoms in total. The van der Waals surface area contributed by atoms with E-state index in [9.17, 15) is 9.18 Å². The van der Waals surface area contributed by atoms with Crippen molar-refractivity contribution in [2.24, 2.45) is 4.99 Å². The molecule has 23 heavy (non-hydrogen) atoms. The van der Waals surface area contributed by atoms with Gasteiger partial charge in [-0.15, -0.1) is 0 Å². The number of carbonyl (C=O) groups excluding carboxylic acids is 1. The fourth-order valence-electron chi connectivity index (χ4n) is 2.31. The van der Waals surface area contributed by atoms with E-state index in [1.54, 1.807) is 24.4 Å². The van der Waals surface area contributed by atoms with Crippen LogP contribution in [0, 0.1) is 5.82 Å². The van der Waals surface area contributed by atoms with Crippen LogP contribution in [0.4, 0.5) is 10.2 Å². The number of hydrogen-bond donors (Lipinski definition) is 1. The molecule has 1 amide bonds. The third kappa shape index (κ3) is 4.39. The van der Waals surface area contributed by atoms with Gasteiger partial charge in [0.2, 0.25) is 5.91 Å². The molecule has 0 spiro atoms. The van der Waals surface area contributed by atoms with E-state index in [1.807, 2.05) is 12.1 Å². The SMILES string of the molecule is O=C1N/C(=N\c2ccccn2)SC1CCCc1ccc(F)cc1. The van der Waals surface area contributed by atoms with Gasteiger partial charge in [-0.2, -0.15) is 0 Å². The molecule has 0 saturated carbocycles. The Morgan fingerprint density at radius 2 is 2.04 bits per heavy atom. The normalized spacial score (nSPS) is 19.1. The van der Waals surface area contributed by atoms with Crippen molar-refractivity contribution in [1.29, 1.82) is 0 Å². The van der Waals surface area contributed by atoms with Crippen LogP contribution in [0.2, 0.25) is 0 Å². The van der Waals surface area contributed by atoms with Crippen LogP contribution in [0.15, 0.2) is 53.7 Å². The minimum atomic E-state index is -0.227. The van der Waals surface area contributed by atoms with Gasteiger partial charge in [-0.1, -0.05) is 30.0 Å². The van der Waals surface area contributed by atoms with E-state index in [4.69, 9.17) is 0 Å². The summed E-state index contributed by atoms with van der Waals surface area (Å²) >= 11 is 1.44. The highest BCUT2D eigenvalue weighted by molar-refractivity contribution is 8.15. The molecule has 1 atom stereocenters. The van der Waals surface area contributed by atoms with Crippen molar-refractivity contribution in [2.75, 3.05) is 0 Å². The quantitative estimate of drug-likeness (QED) is 0.914. The second-order valence-electron chi connectivity index (χ2n) is 5.22. The Labute approximate surface area is 138 Å². The second-order valence-corrected chi connectivity index (χ2v) is 6.41. The molecule has 118 valence electrons. The maximum atomic E-state index is 12.9. The van der Waals surface area contributed by atoms with Crippen molar-refractivity contribution in [3.63, 3.8) is 0 Å². The van der Waals surface area contributed by atoms with Crippen LogP contribution in [0.1, 0.15) is 18.4 Å². The molecule has 1 N–H and O–H groups in total. The zero-order chi connectivity index (χ0) is 16.1. The summed E-state index contributed by atoms with van der Waals surface area (Å²) < 4.78 is 12.9. The number of rotatable bonds is 5. The van der Waals surface area contributed by atoms with E-state index in [2.05, 4.69) is 15.3 Å². The predicted octanol–water partition coefficient (Wildman–Crippen LogP) is 3.46. The number of nitrogens with one attached hydrogen (secondary N) is 1. The lowest BCUT2D eigenvalue weighted by atomic mass is 10.1. The Morgan fingerprint density at radius 1 is 1.22 bits per heavy atom. The molecule has 6 heteroatoms. The van der Waals surface area contributed by atoms with Crippen LogP contribution in [-0.4, -0.2) is 21.3 Å².